The summed E-state index contributed by atoms with van der Waals surface area (Å²) in [7, 11) is 0. The minimum atomic E-state index is 0.351. The Bertz CT molecular complexity index is 2880. The second kappa shape index (κ2) is 44.2. The van der Waals surface area contributed by atoms with Crippen LogP contribution in [0.15, 0.2) is 136 Å². The molecule has 0 fully saturated rings. The van der Waals surface area contributed by atoms with Gasteiger partial charge < -0.3 is 18.9 Å². The van der Waals surface area contributed by atoms with Gasteiger partial charge in [0, 0.05) is 0 Å². The quantitative estimate of drug-likeness (QED) is 0.0282. The molecule has 0 atom stereocenters. The first-order chi connectivity index (χ1) is 43.5. The molecule has 0 aliphatic carbocycles. The maximum Gasteiger partial charge on any atom is 0.122 e. The molecule has 0 bridgehead atoms. The Balaban J connectivity index is 0.000000325. The summed E-state index contributed by atoms with van der Waals surface area (Å²) in [5.41, 5.74) is 14.3. The highest BCUT2D eigenvalue weighted by Crippen LogP contribution is 2.37. The van der Waals surface area contributed by atoms with Crippen LogP contribution in [0.2, 0.25) is 0 Å². The fourth-order valence-corrected chi connectivity index (χ4v) is 11.3. The van der Waals surface area contributed by atoms with Crippen LogP contribution in [0.3, 0.4) is 0 Å². The average Bonchev–Trinajstić information content (AvgIpc) is 1.79. The lowest BCUT2D eigenvalue weighted by Gasteiger charge is -2.15. The van der Waals surface area contributed by atoms with E-state index in [1.54, 1.807) is 0 Å². The van der Waals surface area contributed by atoms with Gasteiger partial charge in [-0.2, -0.15) is 15.3 Å². The molecule has 0 saturated heterocycles. The van der Waals surface area contributed by atoms with E-state index in [0.29, 0.717) is 11.8 Å². The molecule has 0 amide bonds. The molecule has 0 aliphatic heterocycles. The molecule has 0 aromatic heterocycles. The van der Waals surface area contributed by atoms with Crippen LogP contribution in [0.5, 0.6) is 23.0 Å². The fraction of sp³-hybridized carbons (Fsp3) is 0.556. The second-order valence-corrected chi connectivity index (χ2v) is 25.2. The molecule has 486 valence electrons. The number of aryl methyl sites for hydroxylation is 3. The molecule has 0 heterocycles. The minimum absolute atomic E-state index is 0.351. The Morgan fingerprint density at radius 1 is 0.315 bits per heavy atom. The molecule has 8 heteroatoms. The standard InChI is InChI=1S/C42H62N2O2.C39H56N2O2/c1-6-8-10-11-12-13-14-15-16-17-18-19-20-21-31-46-42-29-25-38(33-41(42)34(3)4)44-43-37-24-28-40(35(5)32-37)36-22-26-39(27-23-36)45-30-9-7-2;1-7-11-13-14-15-16-17-18-26-43-38-24-21-35(29-37(38)30(5)6)40-41-39-31(9-3)27-34(28-32(39)10-4)33-19-22-36(23-20-33)42-25-12-8-2/h22-29,32-34H,6-21,30-31H2,1-5H3;19-24,27-30H,7-18,25-26H2,1-6H3. The Morgan fingerprint density at radius 3 is 1.04 bits per heavy atom. The lowest BCUT2D eigenvalue weighted by molar-refractivity contribution is 0.300. The number of unbranched alkanes of at least 4 members (excludes halogenated alkanes) is 22. The Labute approximate surface area is 541 Å². The van der Waals surface area contributed by atoms with Crippen LogP contribution in [0.4, 0.5) is 22.7 Å². The number of benzene rings is 6. The molecular weight excluding hydrogens is 1090 g/mol. The summed E-state index contributed by atoms with van der Waals surface area (Å²) < 4.78 is 24.2. The van der Waals surface area contributed by atoms with E-state index in [2.05, 4.69) is 183 Å². The second-order valence-electron chi connectivity index (χ2n) is 25.2. The van der Waals surface area contributed by atoms with Gasteiger partial charge in [-0.15, -0.1) is 5.11 Å². The van der Waals surface area contributed by atoms with Crippen molar-refractivity contribution < 1.29 is 18.9 Å². The van der Waals surface area contributed by atoms with Crippen LogP contribution >= 0.6 is 0 Å². The van der Waals surface area contributed by atoms with Crippen LogP contribution in [0, 0.1) is 6.92 Å². The molecular formula is C81H118N4O4. The first-order valence-electron chi connectivity index (χ1n) is 35.6. The summed E-state index contributed by atoms with van der Waals surface area (Å²) in [4.78, 5) is 0. The zero-order chi connectivity index (χ0) is 63.7. The molecule has 89 heavy (non-hydrogen) atoms. The number of rotatable bonds is 44. The molecule has 6 aromatic carbocycles. The molecule has 0 unspecified atom stereocenters. The SMILES string of the molecule is CCCCCCCCCCCCCCCCOc1ccc(N=Nc2ccc(-c3ccc(OCCCC)cc3)c(C)c2)cc1C(C)C.CCCCCCCCCCOc1ccc(N=Nc2c(CC)cc(-c3ccc(OCCCC)cc3)cc2CC)cc1C(C)C. The zero-order valence-corrected chi connectivity index (χ0v) is 57.7. The molecule has 6 rings (SSSR count). The minimum Gasteiger partial charge on any atom is -0.494 e. The Hall–Kier alpha value is -6.28. The van der Waals surface area contributed by atoms with Gasteiger partial charge in [-0.3, -0.25) is 0 Å². The van der Waals surface area contributed by atoms with Crippen molar-refractivity contribution in [2.75, 3.05) is 26.4 Å². The van der Waals surface area contributed by atoms with Crippen molar-refractivity contribution in [1.82, 2.24) is 0 Å². The lowest BCUT2D eigenvalue weighted by atomic mass is 9.95. The lowest BCUT2D eigenvalue weighted by Crippen LogP contribution is -2.01. The maximum atomic E-state index is 6.25. The third kappa shape index (κ3) is 27.8. The van der Waals surface area contributed by atoms with E-state index in [4.69, 9.17) is 29.2 Å². The van der Waals surface area contributed by atoms with Crippen LogP contribution in [-0.4, -0.2) is 26.4 Å². The summed E-state index contributed by atoms with van der Waals surface area (Å²) in [6, 6.07) is 40.1. The van der Waals surface area contributed by atoms with Crippen LogP contribution in [0.1, 0.15) is 276 Å². The maximum absolute atomic E-state index is 6.25. The van der Waals surface area contributed by atoms with E-state index in [9.17, 15) is 0 Å². The van der Waals surface area contributed by atoms with Gasteiger partial charge in [-0.05, 0) is 192 Å². The molecule has 8 nitrogen and oxygen atoms in total. The van der Waals surface area contributed by atoms with E-state index < -0.39 is 0 Å². The van der Waals surface area contributed by atoms with Gasteiger partial charge in [-0.25, -0.2) is 0 Å². The number of nitrogens with zero attached hydrogens (tertiary/aromatic N) is 4. The first-order valence-corrected chi connectivity index (χ1v) is 35.6. The number of hydrogen-bond donors (Lipinski definition) is 0. The molecule has 0 radical (unpaired) electrons. The normalized spacial score (nSPS) is 11.5. The largest absolute Gasteiger partial charge is 0.494 e. The van der Waals surface area contributed by atoms with E-state index in [0.717, 1.165) is 124 Å². The molecule has 0 N–H and O–H groups in total. The van der Waals surface area contributed by atoms with Crippen molar-refractivity contribution in [2.45, 2.75) is 268 Å². The topological polar surface area (TPSA) is 86.4 Å². The summed E-state index contributed by atoms with van der Waals surface area (Å²) in [5.74, 6) is 4.51. The number of hydrogen-bond acceptors (Lipinski definition) is 8. The monoisotopic (exact) mass is 1210 g/mol. The highest BCUT2D eigenvalue weighted by molar-refractivity contribution is 5.72. The van der Waals surface area contributed by atoms with Crippen molar-refractivity contribution in [3.8, 4) is 45.3 Å². The van der Waals surface area contributed by atoms with Crippen molar-refractivity contribution in [2.24, 2.45) is 20.5 Å². The van der Waals surface area contributed by atoms with Crippen molar-refractivity contribution in [3.05, 3.63) is 143 Å². The van der Waals surface area contributed by atoms with Crippen LogP contribution < -0.4 is 18.9 Å². The van der Waals surface area contributed by atoms with Gasteiger partial charge in [0.25, 0.3) is 0 Å². The molecule has 6 aromatic rings. The van der Waals surface area contributed by atoms with E-state index in [1.165, 1.54) is 178 Å². The third-order valence-electron chi connectivity index (χ3n) is 16.9. The van der Waals surface area contributed by atoms with Gasteiger partial charge in [0.2, 0.25) is 0 Å². The predicted octanol–water partition coefficient (Wildman–Crippen LogP) is 27.0. The van der Waals surface area contributed by atoms with Crippen molar-refractivity contribution in [1.29, 1.82) is 0 Å². The van der Waals surface area contributed by atoms with Gasteiger partial charge in [0.1, 0.15) is 23.0 Å². The van der Waals surface area contributed by atoms with Crippen LogP contribution in [0.25, 0.3) is 22.3 Å². The predicted molar refractivity (Wildman–Crippen MR) is 381 cm³/mol. The summed E-state index contributed by atoms with van der Waals surface area (Å²) in [5, 5.41) is 18.7. The Morgan fingerprint density at radius 2 is 0.663 bits per heavy atom. The van der Waals surface area contributed by atoms with Gasteiger partial charge in [0.15, 0.2) is 0 Å². The summed E-state index contributed by atoms with van der Waals surface area (Å²) in [6.45, 7) is 27.4. The Kier molecular flexibility index (Phi) is 36.5. The van der Waals surface area contributed by atoms with E-state index in [-0.39, 0.29) is 0 Å². The van der Waals surface area contributed by atoms with Crippen LogP contribution in [-0.2, 0) is 12.8 Å². The highest BCUT2D eigenvalue weighted by Gasteiger charge is 2.15. The van der Waals surface area contributed by atoms with Crippen molar-refractivity contribution >= 4 is 22.7 Å². The fourth-order valence-electron chi connectivity index (χ4n) is 11.3. The van der Waals surface area contributed by atoms with Crippen molar-refractivity contribution in [3.63, 3.8) is 0 Å². The summed E-state index contributed by atoms with van der Waals surface area (Å²) in [6.07, 6.45) is 35.8. The molecule has 0 aliphatic rings. The summed E-state index contributed by atoms with van der Waals surface area (Å²) >= 11 is 0. The molecule has 0 saturated carbocycles. The van der Waals surface area contributed by atoms with Gasteiger partial charge in [-0.1, -0.05) is 241 Å². The zero-order valence-electron chi connectivity index (χ0n) is 57.7. The first kappa shape index (κ1) is 73.5. The van der Waals surface area contributed by atoms with Gasteiger partial charge in [0.05, 0.1) is 49.2 Å². The third-order valence-corrected chi connectivity index (χ3v) is 16.9. The van der Waals surface area contributed by atoms with E-state index >= 15 is 0 Å². The number of ether oxygens (including phenoxy) is 4. The highest BCUT2D eigenvalue weighted by atomic mass is 16.5. The van der Waals surface area contributed by atoms with Gasteiger partial charge >= 0.3 is 0 Å². The number of azo groups is 2. The average molecular weight is 1210 g/mol. The smallest absolute Gasteiger partial charge is 0.122 e. The molecule has 0 spiro atoms. The van der Waals surface area contributed by atoms with E-state index in [1.807, 2.05) is 18.2 Å².